The van der Waals surface area contributed by atoms with E-state index in [0.717, 1.165) is 18.7 Å². The van der Waals surface area contributed by atoms with E-state index < -0.39 is 6.10 Å². The maximum absolute atomic E-state index is 10.4. The van der Waals surface area contributed by atoms with Crippen LogP contribution in [0.2, 0.25) is 0 Å². The first-order valence-electron chi connectivity index (χ1n) is 10.3. The summed E-state index contributed by atoms with van der Waals surface area (Å²) in [6.45, 7) is 7.00. The average Bonchev–Trinajstić information content (AvgIpc) is 2.73. The number of aliphatic hydroxyl groups is 1. The van der Waals surface area contributed by atoms with Gasteiger partial charge in [0.15, 0.2) is 11.5 Å². The first-order chi connectivity index (χ1) is 14.3. The third kappa shape index (κ3) is 8.32. The highest BCUT2D eigenvalue weighted by atomic mass is 16.5. The molecule has 0 saturated carbocycles. The summed E-state index contributed by atoms with van der Waals surface area (Å²) in [7, 11) is 5.32. The number of methoxy groups -OCH3 is 2. The minimum absolute atomic E-state index is 0.197. The second-order valence-electron chi connectivity index (χ2n) is 8.20. The Bertz CT molecular complexity index is 752. The summed E-state index contributed by atoms with van der Waals surface area (Å²) < 4.78 is 16.7. The third-order valence-corrected chi connectivity index (χ3v) is 4.91. The van der Waals surface area contributed by atoms with Gasteiger partial charge in [-0.15, -0.1) is 0 Å². The first kappa shape index (κ1) is 24.2. The van der Waals surface area contributed by atoms with Crippen LogP contribution in [-0.2, 0) is 17.8 Å². The van der Waals surface area contributed by atoms with E-state index in [1.807, 2.05) is 57.3 Å². The van der Waals surface area contributed by atoms with Gasteiger partial charge in [-0.2, -0.15) is 0 Å². The van der Waals surface area contributed by atoms with Crippen molar-refractivity contribution in [2.75, 3.05) is 41.0 Å². The molecule has 2 N–H and O–H groups in total. The molecule has 30 heavy (non-hydrogen) atoms. The molecule has 166 valence electrons. The fourth-order valence-electron chi connectivity index (χ4n) is 3.08. The zero-order valence-corrected chi connectivity index (χ0v) is 18.9. The van der Waals surface area contributed by atoms with Crippen LogP contribution in [0.15, 0.2) is 48.5 Å². The lowest BCUT2D eigenvalue weighted by atomic mass is 10.1. The molecule has 0 fully saturated rings. The van der Waals surface area contributed by atoms with E-state index in [9.17, 15) is 5.11 Å². The largest absolute Gasteiger partial charge is 0.493 e. The molecule has 0 aliphatic heterocycles. The highest BCUT2D eigenvalue weighted by molar-refractivity contribution is 5.43. The zero-order valence-electron chi connectivity index (χ0n) is 18.9. The molecule has 2 aromatic rings. The molecule has 0 radical (unpaired) electrons. The number of aliphatic hydroxyl groups excluding tert-OH is 1. The van der Waals surface area contributed by atoms with Crippen molar-refractivity contribution in [1.29, 1.82) is 0 Å². The van der Waals surface area contributed by atoms with Gasteiger partial charge in [-0.1, -0.05) is 36.4 Å². The van der Waals surface area contributed by atoms with Gasteiger partial charge in [0.25, 0.3) is 0 Å². The number of ether oxygens (including phenoxy) is 3. The van der Waals surface area contributed by atoms with E-state index in [1.54, 1.807) is 14.2 Å². The summed E-state index contributed by atoms with van der Waals surface area (Å²) >= 11 is 0. The predicted molar refractivity (Wildman–Crippen MR) is 120 cm³/mol. The van der Waals surface area contributed by atoms with Crippen LogP contribution in [0.5, 0.6) is 11.5 Å². The molecular weight excluding hydrogens is 380 g/mol. The molecule has 0 saturated heterocycles. The molecule has 0 unspecified atom stereocenters. The maximum Gasteiger partial charge on any atom is 0.161 e. The van der Waals surface area contributed by atoms with Crippen molar-refractivity contribution < 1.29 is 19.3 Å². The van der Waals surface area contributed by atoms with Crippen molar-refractivity contribution in [3.05, 3.63) is 59.7 Å². The van der Waals surface area contributed by atoms with E-state index in [1.165, 1.54) is 5.56 Å². The number of hydrogen-bond donors (Lipinski definition) is 2. The van der Waals surface area contributed by atoms with Crippen molar-refractivity contribution in [3.8, 4) is 11.5 Å². The van der Waals surface area contributed by atoms with Gasteiger partial charge >= 0.3 is 0 Å². The van der Waals surface area contributed by atoms with E-state index in [-0.39, 0.29) is 12.2 Å². The van der Waals surface area contributed by atoms with Crippen LogP contribution in [0.4, 0.5) is 0 Å². The lowest BCUT2D eigenvalue weighted by Crippen LogP contribution is -2.36. The van der Waals surface area contributed by atoms with Gasteiger partial charge in [0.1, 0.15) is 12.7 Å². The average molecular weight is 417 g/mol. The number of nitrogens with zero attached hydrogens (tertiary/aromatic N) is 1. The molecule has 6 nitrogen and oxygen atoms in total. The number of rotatable bonds is 13. The number of nitrogens with one attached hydrogen (secondary N) is 1. The smallest absolute Gasteiger partial charge is 0.161 e. The summed E-state index contributed by atoms with van der Waals surface area (Å²) in [5.41, 5.74) is 2.07. The highest BCUT2D eigenvalue weighted by Crippen LogP contribution is 2.28. The molecule has 6 heteroatoms. The molecule has 0 spiro atoms. The Kier molecular flexibility index (Phi) is 9.59. The quantitative estimate of drug-likeness (QED) is 0.523. The molecule has 1 atom stereocenters. The fourth-order valence-corrected chi connectivity index (χ4v) is 3.08. The Morgan fingerprint density at radius 2 is 1.77 bits per heavy atom. The monoisotopic (exact) mass is 416 g/mol. The molecule has 0 amide bonds. The first-order valence-corrected chi connectivity index (χ1v) is 10.3. The van der Waals surface area contributed by atoms with Gasteiger partial charge < -0.3 is 24.6 Å². The van der Waals surface area contributed by atoms with Crippen molar-refractivity contribution in [2.45, 2.75) is 38.6 Å². The van der Waals surface area contributed by atoms with Crippen LogP contribution < -0.4 is 14.8 Å². The number of likely N-dealkylation sites (N-methyl/N-ethyl adjacent to an activating group) is 1. The van der Waals surface area contributed by atoms with Gasteiger partial charge in [-0.25, -0.2) is 0 Å². The molecule has 2 rings (SSSR count). The Morgan fingerprint density at radius 1 is 1.03 bits per heavy atom. The van der Waals surface area contributed by atoms with Crippen LogP contribution >= 0.6 is 0 Å². The second-order valence-corrected chi connectivity index (χ2v) is 8.20. The highest BCUT2D eigenvalue weighted by Gasteiger charge is 2.16. The van der Waals surface area contributed by atoms with Gasteiger partial charge in [0.2, 0.25) is 0 Å². The van der Waals surface area contributed by atoms with Crippen LogP contribution in [0.3, 0.4) is 0 Å². The number of benzene rings is 2. The summed E-state index contributed by atoms with van der Waals surface area (Å²) in [4.78, 5) is 2.08. The standard InChI is InChI=1S/C24H36N2O4/c1-24(2,29-5)18-25-14-20-11-12-22(28-4)23(13-20)30-17-21(27)16-26(3)15-19-9-7-6-8-10-19/h6-13,21,25,27H,14-18H2,1-5H3/t21-/m0/s1. The number of hydrogen-bond acceptors (Lipinski definition) is 6. The molecule has 0 aromatic heterocycles. The van der Waals surface area contributed by atoms with Crippen molar-refractivity contribution in [2.24, 2.45) is 0 Å². The van der Waals surface area contributed by atoms with Crippen LogP contribution in [-0.4, -0.2) is 62.7 Å². The molecule has 0 aliphatic carbocycles. The van der Waals surface area contributed by atoms with Crippen molar-refractivity contribution in [3.63, 3.8) is 0 Å². The van der Waals surface area contributed by atoms with Crippen LogP contribution in [0, 0.1) is 0 Å². The predicted octanol–water partition coefficient (Wildman–Crippen LogP) is 3.08. The van der Waals surface area contributed by atoms with Crippen LogP contribution in [0.25, 0.3) is 0 Å². The third-order valence-electron chi connectivity index (χ3n) is 4.91. The summed E-state index contributed by atoms with van der Waals surface area (Å²) in [5, 5.41) is 13.8. The molecule has 2 aromatic carbocycles. The Morgan fingerprint density at radius 3 is 2.43 bits per heavy atom. The van der Waals surface area contributed by atoms with Gasteiger partial charge in [-0.3, -0.25) is 4.90 Å². The van der Waals surface area contributed by atoms with E-state index in [0.29, 0.717) is 24.6 Å². The maximum atomic E-state index is 10.4. The van der Waals surface area contributed by atoms with Gasteiger partial charge in [0.05, 0.1) is 12.7 Å². The summed E-state index contributed by atoms with van der Waals surface area (Å²) in [6, 6.07) is 16.0. The van der Waals surface area contributed by atoms with Crippen molar-refractivity contribution >= 4 is 0 Å². The van der Waals surface area contributed by atoms with Crippen LogP contribution in [0.1, 0.15) is 25.0 Å². The fraction of sp³-hybridized carbons (Fsp3) is 0.500. The molecule has 0 heterocycles. The van der Waals surface area contributed by atoms with E-state index in [4.69, 9.17) is 14.2 Å². The Hall–Kier alpha value is -2.12. The SMILES string of the molecule is COc1ccc(CNCC(C)(C)OC)cc1OC[C@@H](O)CN(C)Cc1ccccc1. The second kappa shape index (κ2) is 11.9. The zero-order chi connectivity index (χ0) is 22.0. The molecular formula is C24H36N2O4. The normalized spacial score (nSPS) is 12.8. The summed E-state index contributed by atoms with van der Waals surface area (Å²) in [5.74, 6) is 1.29. The topological polar surface area (TPSA) is 63.2 Å². The minimum atomic E-state index is -0.604. The molecule has 0 bridgehead atoms. The van der Waals surface area contributed by atoms with Gasteiger partial charge in [0, 0.05) is 33.3 Å². The Labute approximate surface area is 180 Å². The van der Waals surface area contributed by atoms with E-state index in [2.05, 4.69) is 22.3 Å². The summed E-state index contributed by atoms with van der Waals surface area (Å²) in [6.07, 6.45) is -0.604. The molecule has 0 aliphatic rings. The van der Waals surface area contributed by atoms with Crippen molar-refractivity contribution in [1.82, 2.24) is 10.2 Å². The van der Waals surface area contributed by atoms with E-state index >= 15 is 0 Å². The Balaban J connectivity index is 1.86. The lowest BCUT2D eigenvalue weighted by molar-refractivity contribution is 0.0230. The minimum Gasteiger partial charge on any atom is -0.493 e. The lowest BCUT2D eigenvalue weighted by Gasteiger charge is -2.23. The van der Waals surface area contributed by atoms with Gasteiger partial charge in [-0.05, 0) is 44.2 Å².